The molecule has 0 saturated carbocycles. The van der Waals surface area contributed by atoms with Crippen molar-refractivity contribution in [3.8, 4) is 0 Å². The monoisotopic (exact) mass is 351 g/mol. The molecular weight excluding hydrogens is 318 g/mol. The third kappa shape index (κ3) is 18.3. The maximum atomic E-state index is 10.2. The first-order valence-corrected chi connectivity index (χ1v) is 7.72. The molecule has 4 atom stereocenters. The Bertz CT molecular complexity index is 374. The molecule has 0 aliphatic carbocycles. The maximum absolute atomic E-state index is 10.2. The number of hydrogen-bond acceptors (Lipinski definition) is 6. The van der Waals surface area contributed by atoms with E-state index >= 15 is 0 Å². The Balaban J connectivity index is -0.000000282. The van der Waals surface area contributed by atoms with Crippen molar-refractivity contribution in [3.63, 3.8) is 0 Å². The van der Waals surface area contributed by atoms with Crippen LogP contribution in [0.15, 0.2) is 0 Å². The normalized spacial score (nSPS) is 14.9. The van der Waals surface area contributed by atoms with Gasteiger partial charge in [-0.15, -0.1) is 0 Å². The molecule has 9 nitrogen and oxygen atoms in total. The summed E-state index contributed by atoms with van der Waals surface area (Å²) in [4.78, 5) is 29.9. The van der Waals surface area contributed by atoms with Gasteiger partial charge in [0.05, 0.1) is 0 Å². The van der Waals surface area contributed by atoms with Crippen molar-refractivity contribution in [2.75, 3.05) is 0 Å². The average Bonchev–Trinajstić information content (AvgIpc) is 2.45. The third-order valence-corrected chi connectivity index (χ3v) is 2.97. The third-order valence-electron chi connectivity index (χ3n) is 2.97. The molecule has 0 aliphatic heterocycles. The molecule has 0 aliphatic rings. The number of carbonyl (C=O) groups is 3. The molecule has 0 radical (unpaired) electrons. The van der Waals surface area contributed by atoms with Crippen molar-refractivity contribution < 1.29 is 29.7 Å². The summed E-state index contributed by atoms with van der Waals surface area (Å²) < 4.78 is 0. The molecule has 144 valence electrons. The minimum Gasteiger partial charge on any atom is -0.480 e. The Morgan fingerprint density at radius 3 is 1.29 bits per heavy atom. The minimum atomic E-state index is -0.963. The number of rotatable bonds is 7. The molecule has 0 aromatic heterocycles. The van der Waals surface area contributed by atoms with Crippen molar-refractivity contribution in [1.82, 2.24) is 0 Å². The molecule has 0 bridgehead atoms. The highest BCUT2D eigenvalue weighted by atomic mass is 16.4. The summed E-state index contributed by atoms with van der Waals surface area (Å²) in [7, 11) is 0. The van der Waals surface area contributed by atoms with Gasteiger partial charge in [-0.1, -0.05) is 34.1 Å². The second kappa shape index (κ2) is 14.9. The molecule has 0 spiro atoms. The Morgan fingerprint density at radius 2 is 1.21 bits per heavy atom. The van der Waals surface area contributed by atoms with Crippen LogP contribution in [0.1, 0.15) is 47.5 Å². The summed E-state index contributed by atoms with van der Waals surface area (Å²) in [5.74, 6) is -2.36. The summed E-state index contributed by atoms with van der Waals surface area (Å²) in [5.41, 5.74) is 15.3. The molecular formula is C15H33N3O6. The van der Waals surface area contributed by atoms with E-state index in [1.807, 2.05) is 27.7 Å². The van der Waals surface area contributed by atoms with E-state index in [1.54, 1.807) is 0 Å². The lowest BCUT2D eigenvalue weighted by Gasteiger charge is -2.11. The van der Waals surface area contributed by atoms with E-state index in [2.05, 4.69) is 0 Å². The van der Waals surface area contributed by atoms with Gasteiger partial charge in [0.2, 0.25) is 0 Å². The second-order valence-electron chi connectivity index (χ2n) is 5.95. The quantitative estimate of drug-likeness (QED) is 0.374. The Hall–Kier alpha value is -1.71. The first-order valence-electron chi connectivity index (χ1n) is 7.72. The summed E-state index contributed by atoms with van der Waals surface area (Å²) in [5, 5.41) is 24.5. The smallest absolute Gasteiger partial charge is 0.320 e. The van der Waals surface area contributed by atoms with Crippen molar-refractivity contribution in [2.45, 2.75) is 65.6 Å². The largest absolute Gasteiger partial charge is 0.480 e. The molecule has 0 aromatic carbocycles. The summed E-state index contributed by atoms with van der Waals surface area (Å²) in [6.45, 7) is 9.07. The molecule has 0 unspecified atom stereocenters. The zero-order valence-corrected chi connectivity index (χ0v) is 15.1. The van der Waals surface area contributed by atoms with Gasteiger partial charge < -0.3 is 32.5 Å². The minimum absolute atomic E-state index is 0.0718. The van der Waals surface area contributed by atoms with Gasteiger partial charge >= 0.3 is 17.9 Å². The molecule has 24 heavy (non-hydrogen) atoms. The standard InChI is InChI=1S/2C6H13NO2.C3H7NO2/c1-4(2)3-5(7)6(8)9;1-3-4(2)5(7)6(8)9;1-2(4)3(5)6/h2*4-5H,3,7H2,1-2H3,(H,8,9);2H,4H2,1H3,(H,5,6)/t5-;4-,5-;2-/m000/s1. The van der Waals surface area contributed by atoms with Gasteiger partial charge in [-0.3, -0.25) is 14.4 Å². The summed E-state index contributed by atoms with van der Waals surface area (Å²) in [6, 6.07) is -2.12. The van der Waals surface area contributed by atoms with E-state index < -0.39 is 36.0 Å². The van der Waals surface area contributed by atoms with Crippen LogP contribution in [0.3, 0.4) is 0 Å². The van der Waals surface area contributed by atoms with Crippen molar-refractivity contribution in [3.05, 3.63) is 0 Å². The molecule has 0 aromatic rings. The summed E-state index contributed by atoms with van der Waals surface area (Å²) >= 11 is 0. The van der Waals surface area contributed by atoms with Crippen molar-refractivity contribution in [1.29, 1.82) is 0 Å². The van der Waals surface area contributed by atoms with Crippen LogP contribution in [0.4, 0.5) is 0 Å². The van der Waals surface area contributed by atoms with Crippen LogP contribution in [0.5, 0.6) is 0 Å². The van der Waals surface area contributed by atoms with Crippen LogP contribution in [-0.2, 0) is 14.4 Å². The average molecular weight is 351 g/mol. The fraction of sp³-hybridized carbons (Fsp3) is 0.800. The fourth-order valence-corrected chi connectivity index (χ4v) is 1.11. The Kier molecular flexibility index (Phi) is 16.8. The van der Waals surface area contributed by atoms with Crippen molar-refractivity contribution in [2.24, 2.45) is 29.0 Å². The number of aliphatic carboxylic acids is 3. The van der Waals surface area contributed by atoms with Crippen LogP contribution < -0.4 is 17.2 Å². The van der Waals surface area contributed by atoms with E-state index in [9.17, 15) is 14.4 Å². The topological polar surface area (TPSA) is 190 Å². The number of nitrogens with two attached hydrogens (primary N) is 3. The fourth-order valence-electron chi connectivity index (χ4n) is 1.11. The van der Waals surface area contributed by atoms with Crippen LogP contribution in [0.25, 0.3) is 0 Å². The van der Waals surface area contributed by atoms with E-state index in [0.717, 1.165) is 6.42 Å². The highest BCUT2D eigenvalue weighted by Crippen LogP contribution is 2.04. The van der Waals surface area contributed by atoms with Gasteiger partial charge in [-0.2, -0.15) is 0 Å². The molecule has 0 heterocycles. The molecule has 9 N–H and O–H groups in total. The zero-order chi connectivity index (χ0) is 20.0. The van der Waals surface area contributed by atoms with Gasteiger partial charge in [0, 0.05) is 0 Å². The number of carboxylic acid groups (broad SMARTS) is 3. The van der Waals surface area contributed by atoms with Crippen LogP contribution in [-0.4, -0.2) is 51.4 Å². The predicted octanol–water partition coefficient (Wildman–Crippen LogP) is 0.307. The lowest BCUT2D eigenvalue weighted by molar-refractivity contribution is -0.140. The van der Waals surface area contributed by atoms with E-state index in [4.69, 9.17) is 32.5 Å². The first-order chi connectivity index (χ1) is 10.8. The van der Waals surface area contributed by atoms with E-state index in [1.165, 1.54) is 6.92 Å². The van der Waals surface area contributed by atoms with Crippen LogP contribution >= 0.6 is 0 Å². The molecule has 0 rings (SSSR count). The molecule has 0 amide bonds. The lowest BCUT2D eigenvalue weighted by Crippen LogP contribution is -2.36. The van der Waals surface area contributed by atoms with Crippen molar-refractivity contribution >= 4 is 17.9 Å². The van der Waals surface area contributed by atoms with Crippen LogP contribution in [0, 0.1) is 11.8 Å². The highest BCUT2D eigenvalue weighted by molar-refractivity contribution is 5.73. The molecule has 9 heteroatoms. The second-order valence-corrected chi connectivity index (χ2v) is 5.95. The van der Waals surface area contributed by atoms with Gasteiger partial charge in [0.15, 0.2) is 0 Å². The molecule has 0 saturated heterocycles. The number of carboxylic acids is 3. The van der Waals surface area contributed by atoms with Gasteiger partial charge in [0.1, 0.15) is 18.1 Å². The summed E-state index contributed by atoms with van der Waals surface area (Å²) in [6.07, 6.45) is 1.36. The van der Waals surface area contributed by atoms with E-state index in [-0.39, 0.29) is 5.92 Å². The van der Waals surface area contributed by atoms with E-state index in [0.29, 0.717) is 12.3 Å². The maximum Gasteiger partial charge on any atom is 0.320 e. The Labute approximate surface area is 143 Å². The SMILES string of the molecule is CC(C)C[C@H](N)C(=O)O.CC[C@H](C)[C@H](N)C(=O)O.C[C@H](N)C(=O)O. The van der Waals surface area contributed by atoms with Gasteiger partial charge in [-0.25, -0.2) is 0 Å². The Morgan fingerprint density at radius 1 is 0.833 bits per heavy atom. The predicted molar refractivity (Wildman–Crippen MR) is 91.4 cm³/mol. The van der Waals surface area contributed by atoms with Crippen LogP contribution in [0.2, 0.25) is 0 Å². The zero-order valence-electron chi connectivity index (χ0n) is 15.1. The number of hydrogen-bond donors (Lipinski definition) is 6. The first kappa shape index (κ1) is 27.2. The van der Waals surface area contributed by atoms with Gasteiger partial charge in [-0.05, 0) is 25.2 Å². The highest BCUT2D eigenvalue weighted by Gasteiger charge is 2.17. The lowest BCUT2D eigenvalue weighted by atomic mass is 10.0. The molecule has 0 fully saturated rings. The van der Waals surface area contributed by atoms with Gasteiger partial charge in [0.25, 0.3) is 0 Å².